The fourth-order valence-corrected chi connectivity index (χ4v) is 0.893. The van der Waals surface area contributed by atoms with Crippen molar-refractivity contribution in [1.82, 2.24) is 19.5 Å². The van der Waals surface area contributed by atoms with Crippen LogP contribution in [0.25, 0.3) is 0 Å². The molecule has 0 spiro atoms. The molecule has 6 nitrogen and oxygen atoms in total. The van der Waals surface area contributed by atoms with E-state index in [1.807, 2.05) is 10.8 Å². The number of nitrogens with zero attached hydrogens (tertiary/aromatic N) is 3. The van der Waals surface area contributed by atoms with E-state index in [0.29, 0.717) is 0 Å². The largest absolute Gasteiger partial charge is 0.351 e. The van der Waals surface area contributed by atoms with Crippen molar-refractivity contribution >= 4 is 12.0 Å². The van der Waals surface area contributed by atoms with Crippen LogP contribution < -0.4 is 0 Å². The molecule has 0 aliphatic heterocycles. The summed E-state index contributed by atoms with van der Waals surface area (Å²) in [5, 5.41) is 0. The van der Waals surface area contributed by atoms with Gasteiger partial charge in [0.25, 0.3) is 0 Å². The molecule has 7 heteroatoms. The van der Waals surface area contributed by atoms with Crippen LogP contribution in [0.2, 0.25) is 0 Å². The van der Waals surface area contributed by atoms with Crippen LogP contribution in [0.4, 0.5) is 0 Å². The minimum absolute atomic E-state index is 1.01. The van der Waals surface area contributed by atoms with E-state index in [1.54, 1.807) is 37.5 Å². The molecule has 0 bridgehead atoms. The van der Waals surface area contributed by atoms with Gasteiger partial charge in [-0.05, 0) is 6.92 Å². The first-order chi connectivity index (χ1) is 8.35. The van der Waals surface area contributed by atoms with E-state index in [9.17, 15) is 0 Å². The summed E-state index contributed by atoms with van der Waals surface area (Å²) in [4.78, 5) is 14.4. The van der Waals surface area contributed by atoms with Crippen molar-refractivity contribution in [2.24, 2.45) is 0 Å². The first-order valence-corrected chi connectivity index (χ1v) is 6.12. The SMILES string of the molecule is CCn1ccnc1.COOSC.c1c[nH]cn1. The molecule has 0 aliphatic carbocycles. The van der Waals surface area contributed by atoms with Gasteiger partial charge in [0, 0.05) is 49.6 Å². The van der Waals surface area contributed by atoms with Crippen LogP contribution in [0.3, 0.4) is 0 Å². The normalized spacial score (nSPS) is 8.65. The molecule has 0 atom stereocenters. The minimum Gasteiger partial charge on any atom is -0.351 e. The number of H-pyrrole nitrogens is 1. The van der Waals surface area contributed by atoms with Crippen molar-refractivity contribution in [3.8, 4) is 0 Å². The number of imidazole rings is 2. The predicted molar refractivity (Wildman–Crippen MR) is 68.1 cm³/mol. The minimum atomic E-state index is 1.01. The van der Waals surface area contributed by atoms with Gasteiger partial charge < -0.3 is 9.55 Å². The summed E-state index contributed by atoms with van der Waals surface area (Å²) in [6.07, 6.45) is 12.4. The smallest absolute Gasteiger partial charge is 0.0945 e. The molecule has 2 heterocycles. The molecule has 0 unspecified atom stereocenters. The molecule has 1 N–H and O–H groups in total. The summed E-state index contributed by atoms with van der Waals surface area (Å²) >= 11 is 1.18. The Morgan fingerprint density at radius 1 is 1.35 bits per heavy atom. The second-order valence-electron chi connectivity index (χ2n) is 2.56. The van der Waals surface area contributed by atoms with E-state index in [2.05, 4.69) is 31.1 Å². The lowest BCUT2D eigenvalue weighted by Gasteiger charge is -1.87. The Labute approximate surface area is 106 Å². The predicted octanol–water partition coefficient (Wildman–Crippen LogP) is 2.16. The Morgan fingerprint density at radius 3 is 2.35 bits per heavy atom. The molecule has 2 aromatic rings. The second-order valence-corrected chi connectivity index (χ2v) is 3.02. The van der Waals surface area contributed by atoms with Crippen LogP contribution in [0, 0.1) is 0 Å². The highest BCUT2D eigenvalue weighted by Gasteiger charge is 1.77. The molecule has 0 radical (unpaired) electrons. The van der Waals surface area contributed by atoms with E-state index in [4.69, 9.17) is 0 Å². The summed E-state index contributed by atoms with van der Waals surface area (Å²) < 4.78 is 6.26. The number of hydrogen-bond acceptors (Lipinski definition) is 5. The zero-order valence-electron chi connectivity index (χ0n) is 10.2. The monoisotopic (exact) mass is 258 g/mol. The average molecular weight is 258 g/mol. The van der Waals surface area contributed by atoms with Crippen molar-refractivity contribution in [1.29, 1.82) is 0 Å². The number of rotatable bonds is 3. The van der Waals surface area contributed by atoms with Crippen LogP contribution in [-0.2, 0) is 15.8 Å². The fourth-order valence-electron chi connectivity index (χ4n) is 0.757. The maximum Gasteiger partial charge on any atom is 0.0945 e. The van der Waals surface area contributed by atoms with Gasteiger partial charge in [0.2, 0.25) is 0 Å². The van der Waals surface area contributed by atoms with Gasteiger partial charge in [-0.15, -0.1) is 0 Å². The number of aromatic amines is 1. The first-order valence-electron chi connectivity index (χ1n) is 4.97. The second kappa shape index (κ2) is 12.8. The molecule has 0 fully saturated rings. The van der Waals surface area contributed by atoms with Crippen LogP contribution in [0.15, 0.2) is 37.4 Å². The molecule has 17 heavy (non-hydrogen) atoms. The zero-order valence-corrected chi connectivity index (χ0v) is 11.1. The highest BCUT2D eigenvalue weighted by Crippen LogP contribution is 1.90. The topological polar surface area (TPSA) is 65.0 Å². The van der Waals surface area contributed by atoms with Gasteiger partial charge in [-0.1, -0.05) is 0 Å². The van der Waals surface area contributed by atoms with Crippen LogP contribution in [-0.4, -0.2) is 32.9 Å². The van der Waals surface area contributed by atoms with Crippen molar-refractivity contribution in [3.05, 3.63) is 37.4 Å². The maximum atomic E-state index is 4.25. The van der Waals surface area contributed by atoms with Gasteiger partial charge in [0.15, 0.2) is 0 Å². The van der Waals surface area contributed by atoms with Gasteiger partial charge in [0.1, 0.15) is 0 Å². The molecule has 2 aromatic heterocycles. The van der Waals surface area contributed by atoms with Gasteiger partial charge in [-0.2, -0.15) is 4.33 Å². The molecule has 0 amide bonds. The number of aryl methyl sites for hydroxylation is 1. The van der Waals surface area contributed by atoms with E-state index in [1.165, 1.54) is 19.2 Å². The summed E-state index contributed by atoms with van der Waals surface area (Å²) in [5.41, 5.74) is 0. The Bertz CT molecular complexity index is 294. The first kappa shape index (κ1) is 15.7. The highest BCUT2D eigenvalue weighted by atomic mass is 32.2. The molecule has 0 saturated carbocycles. The molecular formula is C10H18N4O2S. The molecular weight excluding hydrogens is 240 g/mol. The molecule has 2 rings (SSSR count). The standard InChI is InChI=1S/C5H8N2.C3H4N2.C2H6O2S/c1-2-7-4-3-6-5-7;1-2-5-3-4-1;1-3-4-5-2/h3-5H,2H2,1H3;1-3H,(H,4,5);1-2H3. The van der Waals surface area contributed by atoms with E-state index in [-0.39, 0.29) is 0 Å². The molecule has 0 saturated heterocycles. The number of hydrogen-bond donors (Lipinski definition) is 1. The zero-order chi connectivity index (χ0) is 12.8. The Hall–Kier alpha value is -1.31. The van der Waals surface area contributed by atoms with Crippen molar-refractivity contribution in [3.63, 3.8) is 0 Å². The fraction of sp³-hybridized carbons (Fsp3) is 0.400. The van der Waals surface area contributed by atoms with Gasteiger partial charge >= 0.3 is 0 Å². The van der Waals surface area contributed by atoms with Crippen molar-refractivity contribution in [2.75, 3.05) is 13.4 Å². The summed E-state index contributed by atoms with van der Waals surface area (Å²) in [6.45, 7) is 3.10. The Kier molecular flexibility index (Phi) is 11.8. The summed E-state index contributed by atoms with van der Waals surface area (Å²) in [7, 11) is 1.47. The van der Waals surface area contributed by atoms with E-state index < -0.39 is 0 Å². The number of aromatic nitrogens is 4. The third-order valence-electron chi connectivity index (χ3n) is 1.47. The lowest BCUT2D eigenvalue weighted by atomic mass is 10.7. The summed E-state index contributed by atoms with van der Waals surface area (Å²) in [6, 6.07) is 0. The molecule has 0 aliphatic rings. The lowest BCUT2D eigenvalue weighted by Crippen LogP contribution is -1.85. The number of nitrogens with one attached hydrogen (secondary N) is 1. The highest BCUT2D eigenvalue weighted by molar-refractivity contribution is 7.93. The quantitative estimate of drug-likeness (QED) is 0.519. The third-order valence-corrected chi connectivity index (χ3v) is 1.74. The Morgan fingerprint density at radius 2 is 2.18 bits per heavy atom. The van der Waals surface area contributed by atoms with Crippen LogP contribution in [0.1, 0.15) is 6.92 Å². The Balaban J connectivity index is 0.000000232. The van der Waals surface area contributed by atoms with Crippen LogP contribution in [0.5, 0.6) is 0 Å². The summed E-state index contributed by atoms with van der Waals surface area (Å²) in [5.74, 6) is 0. The van der Waals surface area contributed by atoms with Crippen molar-refractivity contribution < 1.29 is 9.22 Å². The van der Waals surface area contributed by atoms with Gasteiger partial charge in [-0.25, -0.2) is 14.9 Å². The maximum absolute atomic E-state index is 4.25. The van der Waals surface area contributed by atoms with Crippen LogP contribution >= 0.6 is 12.0 Å². The van der Waals surface area contributed by atoms with Gasteiger partial charge in [0.05, 0.1) is 19.8 Å². The van der Waals surface area contributed by atoms with E-state index >= 15 is 0 Å². The van der Waals surface area contributed by atoms with Crippen molar-refractivity contribution in [2.45, 2.75) is 13.5 Å². The molecule has 96 valence electrons. The van der Waals surface area contributed by atoms with Gasteiger partial charge in [-0.3, -0.25) is 0 Å². The average Bonchev–Trinajstić information content (AvgIpc) is 3.07. The molecule has 0 aromatic carbocycles. The van der Waals surface area contributed by atoms with E-state index in [0.717, 1.165) is 6.54 Å². The third kappa shape index (κ3) is 11.0. The lowest BCUT2D eigenvalue weighted by molar-refractivity contribution is -0.159.